The largest absolute Gasteiger partial charge is 0.477 e. The summed E-state index contributed by atoms with van der Waals surface area (Å²) < 4.78 is 2.22. The molecule has 14 heteroatoms. The first kappa shape index (κ1) is 22.1. The molecule has 2 aromatic heterocycles. The molecule has 2 aliphatic rings. The molecular formula is C17H17ClN6O4S3. The molecule has 0 bridgehead atoms. The van der Waals surface area contributed by atoms with Crippen LogP contribution in [0.15, 0.2) is 15.6 Å². The molecule has 0 spiro atoms. The Labute approximate surface area is 194 Å². The third-order valence-corrected chi connectivity index (χ3v) is 8.74. The minimum atomic E-state index is -1.17. The van der Waals surface area contributed by atoms with E-state index in [1.54, 1.807) is 14.0 Å². The molecule has 2 atom stereocenters. The third-order valence-electron chi connectivity index (χ3n) is 4.89. The van der Waals surface area contributed by atoms with Crippen molar-refractivity contribution in [1.82, 2.24) is 30.2 Å². The Morgan fingerprint density at radius 2 is 2.10 bits per heavy atom. The van der Waals surface area contributed by atoms with Gasteiger partial charge in [-0.05, 0) is 19.4 Å². The van der Waals surface area contributed by atoms with E-state index < -0.39 is 29.2 Å². The summed E-state index contributed by atoms with van der Waals surface area (Å²) in [5.41, 5.74) is 1.27. The summed E-state index contributed by atoms with van der Waals surface area (Å²) in [6, 6.07) is -0.842. The van der Waals surface area contributed by atoms with Crippen molar-refractivity contribution in [3.8, 4) is 0 Å². The summed E-state index contributed by atoms with van der Waals surface area (Å²) >= 11 is 10.4. The van der Waals surface area contributed by atoms with Gasteiger partial charge >= 0.3 is 5.97 Å². The average Bonchev–Trinajstić information content (AvgIpc) is 3.27. The van der Waals surface area contributed by atoms with Gasteiger partial charge in [-0.1, -0.05) is 34.7 Å². The second kappa shape index (κ2) is 8.45. The van der Waals surface area contributed by atoms with E-state index in [1.165, 1.54) is 44.4 Å². The van der Waals surface area contributed by atoms with Crippen molar-refractivity contribution in [3.05, 3.63) is 32.7 Å². The number of aryl methyl sites for hydroxylation is 2. The molecule has 0 radical (unpaired) electrons. The molecule has 2 aromatic rings. The molecule has 1 saturated heterocycles. The van der Waals surface area contributed by atoms with E-state index in [0.717, 1.165) is 9.35 Å². The molecule has 0 aliphatic carbocycles. The number of thioether (sulfide) groups is 2. The summed E-state index contributed by atoms with van der Waals surface area (Å²) in [5, 5.41) is 25.0. The van der Waals surface area contributed by atoms with Crippen molar-refractivity contribution in [1.29, 1.82) is 0 Å². The van der Waals surface area contributed by atoms with E-state index >= 15 is 0 Å². The van der Waals surface area contributed by atoms with Gasteiger partial charge in [-0.3, -0.25) is 19.2 Å². The quantitative estimate of drug-likeness (QED) is 0.449. The number of β-lactam (4-membered cyclic amide) rings is 1. The lowest BCUT2D eigenvalue weighted by molar-refractivity contribution is -0.148. The van der Waals surface area contributed by atoms with Crippen LogP contribution in [0.1, 0.15) is 21.2 Å². The van der Waals surface area contributed by atoms with Crippen LogP contribution in [-0.2, 0) is 16.6 Å². The van der Waals surface area contributed by atoms with Gasteiger partial charge in [0.25, 0.3) is 11.8 Å². The average molecular weight is 501 g/mol. The van der Waals surface area contributed by atoms with Gasteiger partial charge in [0, 0.05) is 18.6 Å². The minimum absolute atomic E-state index is 0.0281. The predicted molar refractivity (Wildman–Crippen MR) is 117 cm³/mol. The molecule has 0 aromatic carbocycles. The Kier molecular flexibility index (Phi) is 6.03. The summed E-state index contributed by atoms with van der Waals surface area (Å²) in [4.78, 5) is 38.6. The van der Waals surface area contributed by atoms with Crippen LogP contribution in [0.25, 0.3) is 0 Å². The fraction of sp³-hybridized carbons (Fsp3) is 0.412. The Hall–Kier alpha value is -2.09. The number of rotatable bonds is 6. The molecule has 4 rings (SSSR count). The van der Waals surface area contributed by atoms with Gasteiger partial charge in [0.2, 0.25) is 0 Å². The van der Waals surface area contributed by atoms with Crippen molar-refractivity contribution >= 4 is 64.2 Å². The minimum Gasteiger partial charge on any atom is -0.477 e. The normalized spacial score (nSPS) is 20.5. The maximum Gasteiger partial charge on any atom is 0.352 e. The number of fused-ring (bicyclic) bond motifs is 1. The highest BCUT2D eigenvalue weighted by Crippen LogP contribution is 2.42. The number of halogens is 1. The predicted octanol–water partition coefficient (Wildman–Crippen LogP) is 1.69. The molecule has 4 heterocycles. The molecular weight excluding hydrogens is 484 g/mol. The second-order valence-electron chi connectivity index (χ2n) is 6.87. The molecule has 31 heavy (non-hydrogen) atoms. The maximum atomic E-state index is 12.8. The number of hydrogen-bond acceptors (Lipinski definition) is 9. The van der Waals surface area contributed by atoms with Crippen molar-refractivity contribution < 1.29 is 19.5 Å². The van der Waals surface area contributed by atoms with Crippen LogP contribution in [0.4, 0.5) is 0 Å². The van der Waals surface area contributed by atoms with E-state index in [2.05, 4.69) is 20.6 Å². The number of carboxylic acids is 1. The first-order valence-electron chi connectivity index (χ1n) is 9.02. The molecule has 0 saturated carbocycles. The van der Waals surface area contributed by atoms with E-state index in [1.807, 2.05) is 6.92 Å². The zero-order valence-corrected chi connectivity index (χ0v) is 19.8. The molecule has 2 aliphatic heterocycles. The fourth-order valence-corrected chi connectivity index (χ4v) is 6.76. The standard InChI is InChI=1S/C17H17ClN6O4S3/c1-6-9(18)10(22-23(6)3)13(25)19-11-14(26)24-12(16(27)28)8(4-29-15(11)24)5-30-17-21-20-7(2)31-17/h11,15H,4-5H2,1-3H3,(H,19,25)(H,27,28)/t11-,15-/m0/s1. The van der Waals surface area contributed by atoms with Crippen molar-refractivity contribution in [3.63, 3.8) is 0 Å². The van der Waals surface area contributed by atoms with Gasteiger partial charge in [0.1, 0.15) is 22.1 Å². The van der Waals surface area contributed by atoms with Crippen LogP contribution in [0.5, 0.6) is 0 Å². The summed E-state index contributed by atoms with van der Waals surface area (Å²) in [6.45, 7) is 3.57. The van der Waals surface area contributed by atoms with E-state index in [-0.39, 0.29) is 16.4 Å². The molecule has 2 N–H and O–H groups in total. The lowest BCUT2D eigenvalue weighted by Gasteiger charge is -2.49. The van der Waals surface area contributed by atoms with Crippen LogP contribution in [0, 0.1) is 13.8 Å². The number of carbonyl (C=O) groups is 3. The van der Waals surface area contributed by atoms with Crippen LogP contribution in [0.2, 0.25) is 5.02 Å². The summed E-state index contributed by atoms with van der Waals surface area (Å²) in [5.74, 6) is -1.39. The topological polar surface area (TPSA) is 130 Å². The Balaban J connectivity index is 1.49. The number of amides is 2. The molecule has 1 fully saturated rings. The highest BCUT2D eigenvalue weighted by Gasteiger charge is 2.54. The van der Waals surface area contributed by atoms with E-state index in [9.17, 15) is 19.5 Å². The number of hydrogen-bond donors (Lipinski definition) is 2. The number of carbonyl (C=O) groups excluding carboxylic acids is 2. The lowest BCUT2D eigenvalue weighted by Crippen LogP contribution is -2.70. The van der Waals surface area contributed by atoms with Crippen LogP contribution < -0.4 is 5.32 Å². The molecule has 164 valence electrons. The van der Waals surface area contributed by atoms with Gasteiger partial charge in [-0.15, -0.1) is 22.0 Å². The highest BCUT2D eigenvalue weighted by molar-refractivity contribution is 8.01. The maximum absolute atomic E-state index is 12.8. The highest BCUT2D eigenvalue weighted by atomic mass is 35.5. The Morgan fingerprint density at radius 1 is 1.35 bits per heavy atom. The molecule has 2 amide bonds. The third kappa shape index (κ3) is 3.95. The lowest BCUT2D eigenvalue weighted by atomic mass is 10.0. The number of aliphatic carboxylic acids is 1. The van der Waals surface area contributed by atoms with Crippen molar-refractivity contribution in [2.45, 2.75) is 29.6 Å². The van der Waals surface area contributed by atoms with E-state index in [4.69, 9.17) is 11.6 Å². The Morgan fingerprint density at radius 3 is 2.68 bits per heavy atom. The van der Waals surface area contributed by atoms with Gasteiger partial charge in [0.15, 0.2) is 10.0 Å². The second-order valence-corrected chi connectivity index (χ2v) is 10.8. The first-order chi connectivity index (χ1) is 14.7. The smallest absolute Gasteiger partial charge is 0.352 e. The number of nitrogens with one attached hydrogen (secondary N) is 1. The number of aromatic nitrogens is 4. The Bertz CT molecular complexity index is 1130. The zero-order chi connectivity index (χ0) is 22.4. The SMILES string of the molecule is Cc1nnc(SCC2=C(C(=O)O)N3C(=O)[C@H](NC(=O)c4nn(C)c(C)c4Cl)[C@@H]3SC2)s1. The molecule has 10 nitrogen and oxygen atoms in total. The molecule has 0 unspecified atom stereocenters. The van der Waals surface area contributed by atoms with E-state index in [0.29, 0.717) is 22.8 Å². The summed E-state index contributed by atoms with van der Waals surface area (Å²) in [6.07, 6.45) is 0. The van der Waals surface area contributed by atoms with Crippen LogP contribution in [-0.4, -0.2) is 70.7 Å². The van der Waals surface area contributed by atoms with Gasteiger partial charge in [-0.2, -0.15) is 5.10 Å². The first-order valence-corrected chi connectivity index (χ1v) is 12.2. The van der Waals surface area contributed by atoms with Crippen molar-refractivity contribution in [2.75, 3.05) is 11.5 Å². The number of carboxylic acid groups (broad SMARTS) is 1. The monoisotopic (exact) mass is 500 g/mol. The fourth-order valence-electron chi connectivity index (χ4n) is 3.22. The number of nitrogens with zero attached hydrogens (tertiary/aromatic N) is 5. The van der Waals surface area contributed by atoms with Gasteiger partial charge < -0.3 is 10.4 Å². The van der Waals surface area contributed by atoms with Crippen molar-refractivity contribution in [2.24, 2.45) is 7.05 Å². The van der Waals surface area contributed by atoms with Gasteiger partial charge in [0.05, 0.1) is 10.7 Å². The summed E-state index contributed by atoms with van der Waals surface area (Å²) in [7, 11) is 1.66. The van der Waals surface area contributed by atoms with Crippen LogP contribution in [0.3, 0.4) is 0 Å². The van der Waals surface area contributed by atoms with Gasteiger partial charge in [-0.25, -0.2) is 4.79 Å². The van der Waals surface area contributed by atoms with Crippen LogP contribution >= 0.6 is 46.5 Å². The zero-order valence-electron chi connectivity index (χ0n) is 16.6.